The average molecular weight is 176 g/mol. The number of pyridine rings is 1. The number of aryl methyl sites for hydroxylation is 1. The molecule has 1 heterocycles. The van der Waals surface area contributed by atoms with Gasteiger partial charge in [-0.2, -0.15) is 5.26 Å². The van der Waals surface area contributed by atoms with Gasteiger partial charge in [0, 0.05) is 17.5 Å². The molecule has 0 saturated heterocycles. The van der Waals surface area contributed by atoms with E-state index in [0.29, 0.717) is 6.42 Å². The van der Waals surface area contributed by atoms with Crippen LogP contribution in [0.2, 0.25) is 0 Å². The lowest BCUT2D eigenvalue weighted by atomic mass is 10.1. The van der Waals surface area contributed by atoms with Crippen molar-refractivity contribution in [1.82, 2.24) is 4.98 Å². The molecule has 3 nitrogen and oxygen atoms in total. The van der Waals surface area contributed by atoms with E-state index in [9.17, 15) is 0 Å². The highest BCUT2D eigenvalue weighted by Gasteiger charge is 2.07. The summed E-state index contributed by atoms with van der Waals surface area (Å²) in [4.78, 5) is 4.19. The molecule has 0 atom stereocenters. The highest BCUT2D eigenvalue weighted by atomic mass is 16.5. The zero-order valence-electron chi connectivity index (χ0n) is 7.87. The number of methoxy groups -OCH3 is 1. The van der Waals surface area contributed by atoms with Gasteiger partial charge in [0.25, 0.3) is 0 Å². The molecular weight excluding hydrogens is 164 g/mol. The summed E-state index contributed by atoms with van der Waals surface area (Å²) in [6.07, 6.45) is 2.90. The van der Waals surface area contributed by atoms with Crippen LogP contribution < -0.4 is 4.74 Å². The molecule has 1 aromatic heterocycles. The van der Waals surface area contributed by atoms with Gasteiger partial charge in [0.1, 0.15) is 5.75 Å². The number of hydrogen-bond acceptors (Lipinski definition) is 3. The second kappa shape index (κ2) is 4.46. The first-order valence-corrected chi connectivity index (χ1v) is 4.21. The number of rotatable bonds is 3. The fourth-order valence-electron chi connectivity index (χ4n) is 1.28. The third kappa shape index (κ3) is 1.97. The maximum atomic E-state index is 8.63. The van der Waals surface area contributed by atoms with Gasteiger partial charge in [0.15, 0.2) is 0 Å². The van der Waals surface area contributed by atoms with Crippen molar-refractivity contribution < 1.29 is 4.74 Å². The predicted octanol–water partition coefficient (Wildman–Crippen LogP) is 1.72. The van der Waals surface area contributed by atoms with Crippen LogP contribution in [-0.2, 0) is 12.8 Å². The standard InChI is InChI=1S/C10H12N2O/c1-3-9-8(4-6-11)10(13-2)5-7-12-9/h5,7H,3-4H2,1-2H3. The molecule has 1 rings (SSSR count). The molecule has 0 aliphatic heterocycles. The monoisotopic (exact) mass is 176 g/mol. The molecular formula is C10H12N2O. The van der Waals surface area contributed by atoms with Crippen LogP contribution in [0.3, 0.4) is 0 Å². The number of hydrogen-bond donors (Lipinski definition) is 0. The van der Waals surface area contributed by atoms with Crippen molar-refractivity contribution in [3.05, 3.63) is 23.5 Å². The maximum Gasteiger partial charge on any atom is 0.126 e. The van der Waals surface area contributed by atoms with E-state index in [1.807, 2.05) is 6.92 Å². The van der Waals surface area contributed by atoms with Gasteiger partial charge in [0.05, 0.1) is 19.6 Å². The van der Waals surface area contributed by atoms with Gasteiger partial charge >= 0.3 is 0 Å². The molecule has 0 aliphatic rings. The van der Waals surface area contributed by atoms with Crippen LogP contribution in [0.15, 0.2) is 12.3 Å². The van der Waals surface area contributed by atoms with E-state index in [1.165, 1.54) is 0 Å². The van der Waals surface area contributed by atoms with Crippen molar-refractivity contribution in [2.45, 2.75) is 19.8 Å². The SMILES string of the molecule is CCc1nccc(OC)c1CC#N. The highest BCUT2D eigenvalue weighted by molar-refractivity contribution is 5.37. The molecule has 0 unspecified atom stereocenters. The molecule has 0 radical (unpaired) electrons. The molecule has 0 amide bonds. The Labute approximate surface area is 78.0 Å². The Balaban J connectivity index is 3.14. The van der Waals surface area contributed by atoms with Crippen LogP contribution in [0.4, 0.5) is 0 Å². The molecule has 0 spiro atoms. The fraction of sp³-hybridized carbons (Fsp3) is 0.400. The van der Waals surface area contributed by atoms with Gasteiger partial charge in [-0.25, -0.2) is 0 Å². The molecule has 13 heavy (non-hydrogen) atoms. The van der Waals surface area contributed by atoms with Crippen LogP contribution in [0.1, 0.15) is 18.2 Å². The third-order valence-electron chi connectivity index (χ3n) is 1.91. The molecule has 3 heteroatoms. The largest absolute Gasteiger partial charge is 0.496 e. The van der Waals surface area contributed by atoms with Crippen LogP contribution in [0, 0.1) is 11.3 Å². The first-order chi connectivity index (χ1) is 6.33. The second-order valence-corrected chi connectivity index (χ2v) is 2.63. The van der Waals surface area contributed by atoms with E-state index in [2.05, 4.69) is 11.1 Å². The summed E-state index contributed by atoms with van der Waals surface area (Å²) < 4.78 is 5.15. The van der Waals surface area contributed by atoms with Gasteiger partial charge in [-0.3, -0.25) is 4.98 Å². The normalized spacial score (nSPS) is 9.31. The number of nitriles is 1. The van der Waals surface area contributed by atoms with Crippen LogP contribution >= 0.6 is 0 Å². The first-order valence-electron chi connectivity index (χ1n) is 4.21. The van der Waals surface area contributed by atoms with Gasteiger partial charge in [-0.05, 0) is 12.5 Å². The molecule has 68 valence electrons. The van der Waals surface area contributed by atoms with Crippen LogP contribution in [-0.4, -0.2) is 12.1 Å². The van der Waals surface area contributed by atoms with Crippen LogP contribution in [0.5, 0.6) is 5.75 Å². The van der Waals surface area contributed by atoms with Crippen molar-refractivity contribution in [1.29, 1.82) is 5.26 Å². The molecule has 0 aliphatic carbocycles. The van der Waals surface area contributed by atoms with Gasteiger partial charge in [-0.15, -0.1) is 0 Å². The summed E-state index contributed by atoms with van der Waals surface area (Å²) >= 11 is 0. The average Bonchev–Trinajstić information content (AvgIpc) is 2.18. The van der Waals surface area contributed by atoms with Crippen molar-refractivity contribution in [3.8, 4) is 11.8 Å². The number of ether oxygens (including phenoxy) is 1. The van der Waals surface area contributed by atoms with E-state index in [0.717, 1.165) is 23.4 Å². The highest BCUT2D eigenvalue weighted by Crippen LogP contribution is 2.20. The van der Waals surface area contributed by atoms with E-state index in [4.69, 9.17) is 10.00 Å². The summed E-state index contributed by atoms with van der Waals surface area (Å²) in [5.74, 6) is 0.758. The Morgan fingerprint density at radius 1 is 1.62 bits per heavy atom. The lowest BCUT2D eigenvalue weighted by Gasteiger charge is -2.08. The topological polar surface area (TPSA) is 45.9 Å². The van der Waals surface area contributed by atoms with Crippen LogP contribution in [0.25, 0.3) is 0 Å². The zero-order chi connectivity index (χ0) is 9.68. The minimum absolute atomic E-state index is 0.361. The molecule has 0 bridgehead atoms. The summed E-state index contributed by atoms with van der Waals surface area (Å²) in [6.45, 7) is 2.02. The smallest absolute Gasteiger partial charge is 0.126 e. The van der Waals surface area contributed by atoms with E-state index >= 15 is 0 Å². The molecule has 0 N–H and O–H groups in total. The zero-order valence-corrected chi connectivity index (χ0v) is 7.87. The number of nitrogens with zero attached hydrogens (tertiary/aromatic N) is 2. The summed E-state index contributed by atoms with van der Waals surface area (Å²) in [7, 11) is 1.61. The minimum Gasteiger partial charge on any atom is -0.496 e. The molecule has 0 aromatic carbocycles. The minimum atomic E-state index is 0.361. The van der Waals surface area contributed by atoms with Crippen molar-refractivity contribution in [2.75, 3.05) is 7.11 Å². The first kappa shape index (κ1) is 9.53. The Morgan fingerprint density at radius 2 is 2.38 bits per heavy atom. The summed E-state index contributed by atoms with van der Waals surface area (Å²) in [5.41, 5.74) is 1.86. The van der Waals surface area contributed by atoms with Crippen molar-refractivity contribution in [2.24, 2.45) is 0 Å². The van der Waals surface area contributed by atoms with Gasteiger partial charge in [-0.1, -0.05) is 6.92 Å². The maximum absolute atomic E-state index is 8.63. The summed E-state index contributed by atoms with van der Waals surface area (Å²) in [5, 5.41) is 8.63. The summed E-state index contributed by atoms with van der Waals surface area (Å²) in [6, 6.07) is 3.90. The van der Waals surface area contributed by atoms with E-state index in [1.54, 1.807) is 19.4 Å². The Hall–Kier alpha value is -1.56. The second-order valence-electron chi connectivity index (χ2n) is 2.63. The van der Waals surface area contributed by atoms with Crippen molar-refractivity contribution >= 4 is 0 Å². The van der Waals surface area contributed by atoms with Gasteiger partial charge < -0.3 is 4.74 Å². The lowest BCUT2D eigenvalue weighted by molar-refractivity contribution is 0.409. The predicted molar refractivity (Wildman–Crippen MR) is 49.5 cm³/mol. The van der Waals surface area contributed by atoms with Crippen molar-refractivity contribution in [3.63, 3.8) is 0 Å². The lowest BCUT2D eigenvalue weighted by Crippen LogP contribution is -1.99. The molecule has 0 fully saturated rings. The van der Waals surface area contributed by atoms with Gasteiger partial charge in [0.2, 0.25) is 0 Å². The molecule has 1 aromatic rings. The molecule has 0 saturated carbocycles. The van der Waals surface area contributed by atoms with E-state index < -0.39 is 0 Å². The number of aromatic nitrogens is 1. The fourth-order valence-corrected chi connectivity index (χ4v) is 1.28. The Morgan fingerprint density at radius 3 is 2.92 bits per heavy atom. The quantitative estimate of drug-likeness (QED) is 0.704. The third-order valence-corrected chi connectivity index (χ3v) is 1.91. The Bertz CT molecular complexity index is 306. The Kier molecular flexibility index (Phi) is 3.27. The van der Waals surface area contributed by atoms with E-state index in [-0.39, 0.29) is 0 Å².